The normalized spacial score (nSPS) is 19.9. The van der Waals surface area contributed by atoms with Gasteiger partial charge in [-0.3, -0.25) is 0 Å². The minimum absolute atomic E-state index is 0.0254. The molecule has 222 valence electrons. The fourth-order valence-corrected chi connectivity index (χ4v) is 7.13. The summed E-state index contributed by atoms with van der Waals surface area (Å²) in [5.41, 5.74) is 5.99. The van der Waals surface area contributed by atoms with Gasteiger partial charge in [0.2, 0.25) is 0 Å². The van der Waals surface area contributed by atoms with Crippen LogP contribution in [-0.2, 0) is 23.1 Å². The average Bonchev–Trinajstić information content (AvgIpc) is 3.30. The maximum absolute atomic E-state index is 12.2. The maximum atomic E-state index is 12.2. The Balaban J connectivity index is 1.99. The Morgan fingerprint density at radius 3 is 1.73 bits per heavy atom. The Hall–Kier alpha value is 0.588. The van der Waals surface area contributed by atoms with Crippen LogP contribution >= 0.6 is 7.82 Å². The fraction of sp³-hybridized carbons (Fsp3) is 1.00. The molecule has 1 fully saturated rings. The molecule has 0 aliphatic carbocycles. The van der Waals surface area contributed by atoms with E-state index in [4.69, 9.17) is 18.5 Å². The molecule has 0 aromatic carbocycles. The molecule has 1 rings (SSSR count). The van der Waals surface area contributed by atoms with Gasteiger partial charge in [0.1, 0.15) is 0 Å². The summed E-state index contributed by atoms with van der Waals surface area (Å²) in [5, 5.41) is 0.817. The molecule has 0 amide bonds. The zero-order chi connectivity index (χ0) is 27.3. The first-order valence-corrected chi connectivity index (χ1v) is 23.7. The summed E-state index contributed by atoms with van der Waals surface area (Å²) in [6, 6.07) is 0. The van der Waals surface area contributed by atoms with Crippen LogP contribution in [0.2, 0.25) is 22.3 Å². The van der Waals surface area contributed by atoms with E-state index in [9.17, 15) is 9.46 Å². The first-order chi connectivity index (χ1) is 17.7. The van der Waals surface area contributed by atoms with Crippen LogP contribution in [0.1, 0.15) is 122 Å². The van der Waals surface area contributed by atoms with Crippen LogP contribution in [0, 0.1) is 0 Å². The zero-order valence-electron chi connectivity index (χ0n) is 24.8. The van der Waals surface area contributed by atoms with Gasteiger partial charge in [0.25, 0.3) is 0 Å². The monoisotopic (exact) mass is 610 g/mol. The quantitative estimate of drug-likeness (QED) is 0.0554. The predicted octanol–water partition coefficient (Wildman–Crippen LogP) is 8.65. The minimum atomic E-state index is -4.31. The van der Waals surface area contributed by atoms with E-state index in [1.54, 1.807) is 0 Å². The summed E-state index contributed by atoms with van der Waals surface area (Å²) in [6.45, 7) is 4.14. The van der Waals surface area contributed by atoms with E-state index in [1.165, 1.54) is 96.3 Å². The van der Waals surface area contributed by atoms with Crippen molar-refractivity contribution in [1.82, 2.24) is 0 Å². The number of unbranched alkanes of at least 4 members (excludes halogenated alkanes) is 15. The number of phosphoric acid groups is 1. The van der Waals surface area contributed by atoms with Gasteiger partial charge in [0, 0.05) is 0 Å². The first-order valence-electron chi connectivity index (χ1n) is 15.3. The Bertz CT molecular complexity index is 577. The Morgan fingerprint density at radius 2 is 1.27 bits per heavy atom. The second kappa shape index (κ2) is 21.4. The van der Waals surface area contributed by atoms with E-state index >= 15 is 0 Å². The molecule has 1 saturated heterocycles. The van der Waals surface area contributed by atoms with Crippen molar-refractivity contribution >= 4 is 21.4 Å². The molecular formula is C29H60AsO6P. The van der Waals surface area contributed by atoms with Crippen molar-refractivity contribution in [2.24, 2.45) is 0 Å². The topological polar surface area (TPSA) is 77.1 Å². The van der Waals surface area contributed by atoms with Crippen LogP contribution in [0.5, 0.6) is 0 Å². The first kappa shape index (κ1) is 35.6. The van der Waals surface area contributed by atoms with Gasteiger partial charge >= 0.3 is 136 Å². The number of ether oxygens (including phenoxy) is 2. The van der Waals surface area contributed by atoms with Gasteiger partial charge in [-0.2, -0.15) is 0 Å². The number of phosphoric ester groups is 1. The Morgan fingerprint density at radius 1 is 0.757 bits per heavy atom. The van der Waals surface area contributed by atoms with Crippen LogP contribution in [0.25, 0.3) is 0 Å². The second-order valence-corrected chi connectivity index (χ2v) is 24.0. The predicted molar refractivity (Wildman–Crippen MR) is 156 cm³/mol. The van der Waals surface area contributed by atoms with Crippen molar-refractivity contribution in [2.75, 3.05) is 33.0 Å². The molecule has 0 aromatic rings. The van der Waals surface area contributed by atoms with E-state index in [1.807, 2.05) is 0 Å². The standard InChI is InChI=1S/C29H60AsO6P/c1-5-6-7-8-9-10-11-12-13-14-15-16-17-18-19-20-24-33-27-29(22-21-25-34-29)28-36-37(31,32)35-26-23-30(2,3)4/h5-28H2,1-4H3. The Kier molecular flexibility index (Phi) is 20.6. The van der Waals surface area contributed by atoms with Crippen LogP contribution in [0.15, 0.2) is 0 Å². The van der Waals surface area contributed by atoms with Crippen molar-refractivity contribution in [2.45, 2.75) is 150 Å². The van der Waals surface area contributed by atoms with E-state index in [0.29, 0.717) is 19.8 Å². The molecule has 2 atom stereocenters. The summed E-state index contributed by atoms with van der Waals surface area (Å²) >= 11 is -1.68. The molecule has 8 heteroatoms. The van der Waals surface area contributed by atoms with E-state index < -0.39 is 27.0 Å². The van der Waals surface area contributed by atoms with Crippen LogP contribution in [0.3, 0.4) is 0 Å². The van der Waals surface area contributed by atoms with Gasteiger partial charge in [-0.15, -0.1) is 0 Å². The van der Waals surface area contributed by atoms with E-state index in [0.717, 1.165) is 24.5 Å². The molecule has 2 unspecified atom stereocenters. The molecule has 0 spiro atoms. The molecule has 0 bridgehead atoms. The van der Waals surface area contributed by atoms with Crippen molar-refractivity contribution < 1.29 is 28.0 Å². The van der Waals surface area contributed by atoms with Gasteiger partial charge in [-0.05, 0) is 0 Å². The summed E-state index contributed by atoms with van der Waals surface area (Å²) in [7, 11) is -4.31. The molecule has 0 saturated carbocycles. The summed E-state index contributed by atoms with van der Waals surface area (Å²) in [6.07, 6.45) is 23.3. The van der Waals surface area contributed by atoms with Gasteiger partial charge in [0.15, 0.2) is 0 Å². The molecule has 6 nitrogen and oxygen atoms in total. The van der Waals surface area contributed by atoms with E-state index in [2.05, 4.69) is 24.1 Å². The third-order valence-electron chi connectivity index (χ3n) is 7.19. The molecule has 0 aromatic heterocycles. The van der Waals surface area contributed by atoms with Gasteiger partial charge < -0.3 is 0 Å². The zero-order valence-corrected chi connectivity index (χ0v) is 27.6. The van der Waals surface area contributed by atoms with E-state index in [-0.39, 0.29) is 13.2 Å². The number of hydrogen-bond donors (Lipinski definition) is 0. The van der Waals surface area contributed by atoms with Crippen molar-refractivity contribution in [3.8, 4) is 0 Å². The average molecular weight is 611 g/mol. The molecule has 37 heavy (non-hydrogen) atoms. The molecule has 0 radical (unpaired) electrons. The van der Waals surface area contributed by atoms with Gasteiger partial charge in [-0.1, -0.05) is 96.8 Å². The summed E-state index contributed by atoms with van der Waals surface area (Å²) in [4.78, 5) is 12.2. The third kappa shape index (κ3) is 21.1. The SMILES string of the molecule is CCCCCCCCCCCCCCCCCCOCC1(COP(=O)([O-])OCC[As+](C)(C)C)CCCO1. The molecule has 1 aliphatic rings. The molecule has 0 N–H and O–H groups in total. The molecule has 1 aliphatic heterocycles. The van der Waals surface area contributed by atoms with Crippen LogP contribution in [0.4, 0.5) is 0 Å². The van der Waals surface area contributed by atoms with Crippen LogP contribution < -0.4 is 4.89 Å². The van der Waals surface area contributed by atoms with Crippen LogP contribution in [-0.4, -0.2) is 52.2 Å². The van der Waals surface area contributed by atoms with Crippen molar-refractivity contribution in [3.63, 3.8) is 0 Å². The second-order valence-electron chi connectivity index (χ2n) is 12.1. The summed E-state index contributed by atoms with van der Waals surface area (Å²) < 4.78 is 34.2. The number of hydrogen-bond acceptors (Lipinski definition) is 6. The molecule has 1 heterocycles. The van der Waals surface area contributed by atoms with Crippen molar-refractivity contribution in [1.29, 1.82) is 0 Å². The van der Waals surface area contributed by atoms with Gasteiger partial charge in [0.05, 0.1) is 0 Å². The third-order valence-corrected chi connectivity index (χ3v) is 11.3. The Labute approximate surface area is 232 Å². The van der Waals surface area contributed by atoms with Crippen molar-refractivity contribution in [3.05, 3.63) is 0 Å². The van der Waals surface area contributed by atoms with Gasteiger partial charge in [-0.25, -0.2) is 0 Å². The number of rotatable bonds is 26. The summed E-state index contributed by atoms with van der Waals surface area (Å²) in [5.74, 6) is 0. The molecular weight excluding hydrogens is 550 g/mol. The fourth-order valence-electron chi connectivity index (χ4n) is 4.70.